The van der Waals surface area contributed by atoms with Gasteiger partial charge in [0.05, 0.1) is 39.3 Å². The van der Waals surface area contributed by atoms with E-state index in [1.807, 2.05) is 0 Å². The van der Waals surface area contributed by atoms with Crippen molar-refractivity contribution in [2.24, 2.45) is 0 Å². The summed E-state index contributed by atoms with van der Waals surface area (Å²) in [5, 5.41) is 1.50. The van der Waals surface area contributed by atoms with Crippen molar-refractivity contribution < 1.29 is 28.7 Å². The van der Waals surface area contributed by atoms with Crippen LogP contribution in [0, 0.1) is 0 Å². The molecule has 1 heterocycles. The fraction of sp³-hybridized carbons (Fsp3) is 0.800. The third kappa shape index (κ3) is 7.89. The SMILES string of the molecule is CN(C(=O)OCC[Si](C)(C)C)C(C=O)CC(=O)ON1CCOCC1. The van der Waals surface area contributed by atoms with Crippen LogP contribution in [0.4, 0.5) is 4.79 Å². The molecule has 1 aliphatic rings. The van der Waals surface area contributed by atoms with Crippen LogP contribution in [0.2, 0.25) is 25.7 Å². The van der Waals surface area contributed by atoms with Crippen molar-refractivity contribution in [2.45, 2.75) is 38.1 Å². The first-order chi connectivity index (χ1) is 11.2. The van der Waals surface area contributed by atoms with Crippen LogP contribution >= 0.6 is 0 Å². The Kier molecular flexibility index (Phi) is 8.36. The molecule has 0 saturated carbocycles. The van der Waals surface area contributed by atoms with E-state index in [9.17, 15) is 14.4 Å². The van der Waals surface area contributed by atoms with E-state index in [-0.39, 0.29) is 6.42 Å². The highest BCUT2D eigenvalue weighted by atomic mass is 28.3. The van der Waals surface area contributed by atoms with Crippen LogP contribution in [0.5, 0.6) is 0 Å². The molecule has 1 aliphatic heterocycles. The number of hydroxylamine groups is 2. The summed E-state index contributed by atoms with van der Waals surface area (Å²) >= 11 is 0. The quantitative estimate of drug-likeness (QED) is 0.474. The Labute approximate surface area is 144 Å². The average molecular weight is 360 g/mol. The van der Waals surface area contributed by atoms with E-state index in [2.05, 4.69) is 19.6 Å². The van der Waals surface area contributed by atoms with Crippen LogP contribution in [0.15, 0.2) is 0 Å². The fourth-order valence-corrected chi connectivity index (χ4v) is 2.66. The lowest BCUT2D eigenvalue weighted by atomic mass is 10.2. The Balaban J connectivity index is 2.41. The summed E-state index contributed by atoms with van der Waals surface area (Å²) in [5.74, 6) is -0.559. The van der Waals surface area contributed by atoms with Crippen LogP contribution in [-0.2, 0) is 23.9 Å². The minimum Gasteiger partial charge on any atom is -0.450 e. The lowest BCUT2D eigenvalue weighted by molar-refractivity contribution is -0.206. The molecule has 138 valence electrons. The van der Waals surface area contributed by atoms with E-state index in [0.29, 0.717) is 39.2 Å². The molecule has 0 N–H and O–H groups in total. The summed E-state index contributed by atoms with van der Waals surface area (Å²) in [7, 11) is 0.142. The third-order valence-electron chi connectivity index (χ3n) is 3.60. The normalized spacial score (nSPS) is 17.0. The molecule has 1 unspecified atom stereocenters. The zero-order chi connectivity index (χ0) is 18.2. The summed E-state index contributed by atoms with van der Waals surface area (Å²) in [6, 6.07) is -0.0601. The fourth-order valence-electron chi connectivity index (χ4n) is 1.95. The largest absolute Gasteiger partial charge is 0.450 e. The lowest BCUT2D eigenvalue weighted by Gasteiger charge is -2.27. The van der Waals surface area contributed by atoms with Gasteiger partial charge in [0.1, 0.15) is 12.3 Å². The number of aldehydes is 1. The van der Waals surface area contributed by atoms with Crippen molar-refractivity contribution in [2.75, 3.05) is 40.0 Å². The first kappa shape index (κ1) is 20.6. The second-order valence-corrected chi connectivity index (χ2v) is 12.6. The molecule has 0 aliphatic carbocycles. The van der Waals surface area contributed by atoms with Gasteiger partial charge in [0.15, 0.2) is 0 Å². The van der Waals surface area contributed by atoms with Gasteiger partial charge in [-0.2, -0.15) is 0 Å². The van der Waals surface area contributed by atoms with Gasteiger partial charge in [-0.15, -0.1) is 5.06 Å². The molecule has 1 atom stereocenters. The third-order valence-corrected chi connectivity index (χ3v) is 5.30. The molecule has 24 heavy (non-hydrogen) atoms. The highest BCUT2D eigenvalue weighted by molar-refractivity contribution is 6.76. The molecule has 0 aromatic heterocycles. The van der Waals surface area contributed by atoms with Crippen molar-refractivity contribution in [3.05, 3.63) is 0 Å². The van der Waals surface area contributed by atoms with Gasteiger partial charge in [-0.05, 0) is 6.04 Å². The second-order valence-electron chi connectivity index (χ2n) is 6.95. The monoisotopic (exact) mass is 360 g/mol. The number of carbonyl (C=O) groups excluding carboxylic acids is 3. The molecule has 0 radical (unpaired) electrons. The number of ether oxygens (including phenoxy) is 2. The minimum absolute atomic E-state index is 0.208. The first-order valence-electron chi connectivity index (χ1n) is 8.11. The number of nitrogens with zero attached hydrogens (tertiary/aromatic N) is 2. The Hall–Kier alpha value is -1.45. The van der Waals surface area contributed by atoms with Gasteiger partial charge in [-0.25, -0.2) is 4.79 Å². The first-order valence-corrected chi connectivity index (χ1v) is 11.8. The van der Waals surface area contributed by atoms with Gasteiger partial charge in [0.25, 0.3) is 0 Å². The zero-order valence-electron chi connectivity index (χ0n) is 14.9. The molecule has 1 fully saturated rings. The number of amides is 1. The number of morpholine rings is 1. The zero-order valence-corrected chi connectivity index (χ0v) is 15.9. The Morgan fingerprint density at radius 2 is 1.92 bits per heavy atom. The van der Waals surface area contributed by atoms with Gasteiger partial charge in [0.2, 0.25) is 0 Å². The van der Waals surface area contributed by atoms with Crippen LogP contribution in [0.3, 0.4) is 0 Å². The molecule has 1 amide bonds. The molecule has 9 heteroatoms. The predicted octanol–water partition coefficient (Wildman–Crippen LogP) is 1.14. The number of rotatable bonds is 8. The van der Waals surface area contributed by atoms with Crippen molar-refractivity contribution in [3.8, 4) is 0 Å². The topological polar surface area (TPSA) is 85.4 Å². The van der Waals surface area contributed by atoms with Crippen molar-refractivity contribution in [3.63, 3.8) is 0 Å². The van der Waals surface area contributed by atoms with Crippen LogP contribution in [0.25, 0.3) is 0 Å². The van der Waals surface area contributed by atoms with Gasteiger partial charge in [-0.3, -0.25) is 4.79 Å². The summed E-state index contributed by atoms with van der Waals surface area (Å²) in [4.78, 5) is 41.4. The average Bonchev–Trinajstić information content (AvgIpc) is 2.51. The summed E-state index contributed by atoms with van der Waals surface area (Å²) < 4.78 is 10.3. The van der Waals surface area contributed by atoms with E-state index >= 15 is 0 Å². The molecule has 1 rings (SSSR count). The highest BCUT2D eigenvalue weighted by Gasteiger charge is 2.26. The number of carbonyl (C=O) groups is 3. The predicted molar refractivity (Wildman–Crippen MR) is 90.2 cm³/mol. The summed E-state index contributed by atoms with van der Waals surface area (Å²) in [6.45, 7) is 8.84. The standard InChI is InChI=1S/C15H28N2O6Si/c1-16(15(20)22-9-10-24(2,3)4)13(12-18)11-14(19)23-17-5-7-21-8-6-17/h12-13H,5-11H2,1-4H3. The van der Waals surface area contributed by atoms with E-state index in [1.165, 1.54) is 12.1 Å². The minimum atomic E-state index is -1.30. The molecule has 1 saturated heterocycles. The number of likely N-dealkylation sites (N-methyl/N-ethyl adjacent to an activating group) is 1. The van der Waals surface area contributed by atoms with Crippen LogP contribution in [0.1, 0.15) is 6.42 Å². The van der Waals surface area contributed by atoms with Crippen LogP contribution in [-0.4, -0.2) is 82.4 Å². The molecular formula is C15H28N2O6Si. The van der Waals surface area contributed by atoms with E-state index < -0.39 is 26.2 Å². The molecule has 8 nitrogen and oxygen atoms in total. The second kappa shape index (κ2) is 9.75. The molecular weight excluding hydrogens is 332 g/mol. The Morgan fingerprint density at radius 1 is 1.29 bits per heavy atom. The maximum atomic E-state index is 12.0. The Bertz CT molecular complexity index is 434. The van der Waals surface area contributed by atoms with E-state index in [0.717, 1.165) is 10.9 Å². The number of hydrogen-bond acceptors (Lipinski definition) is 7. The van der Waals surface area contributed by atoms with Gasteiger partial charge in [-0.1, -0.05) is 19.6 Å². The van der Waals surface area contributed by atoms with Crippen LogP contribution < -0.4 is 0 Å². The summed E-state index contributed by atoms with van der Waals surface area (Å²) in [6.07, 6.45) is -0.259. The molecule has 0 bridgehead atoms. The summed E-state index contributed by atoms with van der Waals surface area (Å²) in [5.41, 5.74) is 0. The van der Waals surface area contributed by atoms with Crippen molar-refractivity contribution in [1.82, 2.24) is 9.96 Å². The van der Waals surface area contributed by atoms with Gasteiger partial charge < -0.3 is 24.0 Å². The van der Waals surface area contributed by atoms with Gasteiger partial charge in [0, 0.05) is 15.1 Å². The van der Waals surface area contributed by atoms with Crippen molar-refractivity contribution >= 4 is 26.4 Å². The maximum absolute atomic E-state index is 12.0. The molecule has 0 aromatic rings. The van der Waals surface area contributed by atoms with E-state index in [4.69, 9.17) is 14.3 Å². The van der Waals surface area contributed by atoms with E-state index in [1.54, 1.807) is 0 Å². The van der Waals surface area contributed by atoms with Crippen molar-refractivity contribution in [1.29, 1.82) is 0 Å². The highest BCUT2D eigenvalue weighted by Crippen LogP contribution is 2.10. The number of hydrogen-bond donors (Lipinski definition) is 0. The Morgan fingerprint density at radius 3 is 2.46 bits per heavy atom. The lowest BCUT2D eigenvalue weighted by Crippen LogP contribution is -2.43. The molecule has 0 spiro atoms. The maximum Gasteiger partial charge on any atom is 0.410 e. The molecule has 0 aromatic carbocycles. The smallest absolute Gasteiger partial charge is 0.410 e. The van der Waals surface area contributed by atoms with Gasteiger partial charge >= 0.3 is 12.1 Å².